The first kappa shape index (κ1) is 22.5. The maximum atomic E-state index is 6.28. The van der Waals surface area contributed by atoms with Crippen molar-refractivity contribution >= 4 is 47.4 Å². The van der Waals surface area contributed by atoms with Crippen LogP contribution in [-0.2, 0) is 0 Å². The van der Waals surface area contributed by atoms with Crippen molar-refractivity contribution in [3.05, 3.63) is 23.4 Å². The van der Waals surface area contributed by atoms with Crippen molar-refractivity contribution in [1.29, 1.82) is 0 Å². The highest BCUT2D eigenvalue weighted by molar-refractivity contribution is 14.0. The fraction of sp³-hybridized carbons (Fsp3) is 0.684. The van der Waals surface area contributed by atoms with Crippen LogP contribution in [0.3, 0.4) is 0 Å². The van der Waals surface area contributed by atoms with Crippen molar-refractivity contribution in [3.8, 4) is 0 Å². The summed E-state index contributed by atoms with van der Waals surface area (Å²) in [6.45, 7) is 7.40. The van der Waals surface area contributed by atoms with Gasteiger partial charge in [0.25, 0.3) is 0 Å². The van der Waals surface area contributed by atoms with E-state index >= 15 is 0 Å². The summed E-state index contributed by atoms with van der Waals surface area (Å²) in [5.41, 5.74) is 0. The summed E-state index contributed by atoms with van der Waals surface area (Å²) in [7, 11) is 1.84. The van der Waals surface area contributed by atoms with Crippen molar-refractivity contribution in [1.82, 2.24) is 20.5 Å². The third-order valence-corrected chi connectivity index (χ3v) is 5.75. The number of hydrogen-bond donors (Lipinski definition) is 2. The fourth-order valence-corrected chi connectivity index (χ4v) is 4.23. The lowest BCUT2D eigenvalue weighted by atomic mass is 10.0. The first-order valence-corrected chi connectivity index (χ1v) is 10.2. The van der Waals surface area contributed by atoms with E-state index in [-0.39, 0.29) is 24.0 Å². The zero-order valence-electron chi connectivity index (χ0n) is 16.3. The van der Waals surface area contributed by atoms with Gasteiger partial charge >= 0.3 is 0 Å². The molecule has 2 atom stereocenters. The van der Waals surface area contributed by atoms with E-state index in [1.165, 1.54) is 25.8 Å². The van der Waals surface area contributed by atoms with Crippen LogP contribution in [0, 0.1) is 0 Å². The number of guanidine groups is 1. The van der Waals surface area contributed by atoms with Gasteiger partial charge in [-0.3, -0.25) is 9.89 Å². The molecule has 2 saturated heterocycles. The van der Waals surface area contributed by atoms with Crippen LogP contribution in [-0.4, -0.2) is 67.7 Å². The van der Waals surface area contributed by atoms with Crippen LogP contribution in [0.5, 0.6) is 0 Å². The molecule has 2 unspecified atom stereocenters. The predicted octanol–water partition coefficient (Wildman–Crippen LogP) is 2.97. The maximum absolute atomic E-state index is 6.28. The number of aliphatic imine (C=N–C) groups is 1. The van der Waals surface area contributed by atoms with Crippen LogP contribution in [0.25, 0.3) is 0 Å². The second-order valence-corrected chi connectivity index (χ2v) is 7.52. The van der Waals surface area contributed by atoms with Crippen LogP contribution in [0.15, 0.2) is 23.3 Å². The standard InChI is InChI=1S/C19H31ClN6.HI/c1-3-25-11-5-4-7-16(25)13-23-19(21-2)24-15-9-12-26(14-15)18-17(20)8-6-10-22-18;/h6,8,10,15-16H,3-5,7,9,11-14H2,1-2H3,(H2,21,23,24);1H. The van der Waals surface area contributed by atoms with Crippen molar-refractivity contribution in [2.24, 2.45) is 4.99 Å². The van der Waals surface area contributed by atoms with E-state index < -0.39 is 0 Å². The number of aromatic nitrogens is 1. The van der Waals surface area contributed by atoms with Gasteiger partial charge in [0.1, 0.15) is 5.82 Å². The Hall–Kier alpha value is -0.800. The van der Waals surface area contributed by atoms with Gasteiger partial charge in [-0.15, -0.1) is 24.0 Å². The molecule has 0 aliphatic carbocycles. The molecule has 6 nitrogen and oxygen atoms in total. The molecule has 0 amide bonds. The van der Waals surface area contributed by atoms with Gasteiger partial charge < -0.3 is 15.5 Å². The number of rotatable bonds is 5. The Kier molecular flexibility index (Phi) is 9.38. The molecular weight excluding hydrogens is 475 g/mol. The summed E-state index contributed by atoms with van der Waals surface area (Å²) >= 11 is 6.28. The smallest absolute Gasteiger partial charge is 0.191 e. The molecule has 0 spiro atoms. The number of likely N-dealkylation sites (N-methyl/N-ethyl adjacent to an activating group) is 1. The van der Waals surface area contributed by atoms with Crippen LogP contribution >= 0.6 is 35.6 Å². The topological polar surface area (TPSA) is 55.8 Å². The monoisotopic (exact) mass is 506 g/mol. The third kappa shape index (κ3) is 6.09. The minimum absolute atomic E-state index is 0. The number of likely N-dealkylation sites (tertiary alicyclic amines) is 1. The highest BCUT2D eigenvalue weighted by atomic mass is 127. The minimum Gasteiger partial charge on any atom is -0.355 e. The minimum atomic E-state index is 0. The summed E-state index contributed by atoms with van der Waals surface area (Å²) in [4.78, 5) is 13.7. The summed E-state index contributed by atoms with van der Waals surface area (Å²) in [6, 6.07) is 4.73. The van der Waals surface area contributed by atoms with Gasteiger partial charge in [-0.05, 0) is 44.5 Å². The Labute approximate surface area is 185 Å². The van der Waals surface area contributed by atoms with Crippen LogP contribution in [0.4, 0.5) is 5.82 Å². The summed E-state index contributed by atoms with van der Waals surface area (Å²) in [5, 5.41) is 7.81. The van der Waals surface area contributed by atoms with Gasteiger partial charge in [0.2, 0.25) is 0 Å². The zero-order valence-corrected chi connectivity index (χ0v) is 19.4. The largest absolute Gasteiger partial charge is 0.355 e. The molecule has 0 aromatic carbocycles. The second kappa shape index (κ2) is 11.3. The normalized spacial score (nSPS) is 23.8. The van der Waals surface area contributed by atoms with Gasteiger partial charge in [-0.25, -0.2) is 4.98 Å². The van der Waals surface area contributed by atoms with E-state index in [1.54, 1.807) is 6.20 Å². The molecule has 2 fully saturated rings. The predicted molar refractivity (Wildman–Crippen MR) is 125 cm³/mol. The molecule has 8 heteroatoms. The van der Waals surface area contributed by atoms with Gasteiger partial charge in [0.15, 0.2) is 5.96 Å². The molecule has 2 N–H and O–H groups in total. The van der Waals surface area contributed by atoms with E-state index in [2.05, 4.69) is 37.3 Å². The van der Waals surface area contributed by atoms with Gasteiger partial charge in [-0.2, -0.15) is 0 Å². The molecule has 3 rings (SSSR count). The first-order chi connectivity index (χ1) is 12.7. The zero-order chi connectivity index (χ0) is 18.4. The van der Waals surface area contributed by atoms with Crippen LogP contribution in [0.1, 0.15) is 32.6 Å². The summed E-state index contributed by atoms with van der Waals surface area (Å²) in [6.07, 6.45) is 6.78. The molecule has 2 aliphatic rings. The molecule has 1 aromatic heterocycles. The van der Waals surface area contributed by atoms with E-state index in [4.69, 9.17) is 11.6 Å². The average Bonchev–Trinajstić information content (AvgIpc) is 3.14. The van der Waals surface area contributed by atoms with Crippen molar-refractivity contribution in [3.63, 3.8) is 0 Å². The Bertz CT molecular complexity index is 614. The van der Waals surface area contributed by atoms with E-state index in [1.807, 2.05) is 19.2 Å². The average molecular weight is 507 g/mol. The number of halogens is 2. The number of pyridine rings is 1. The van der Waals surface area contributed by atoms with Crippen LogP contribution in [0.2, 0.25) is 5.02 Å². The lowest BCUT2D eigenvalue weighted by Gasteiger charge is -2.35. The molecule has 2 aliphatic heterocycles. The lowest BCUT2D eigenvalue weighted by Crippen LogP contribution is -2.51. The molecule has 27 heavy (non-hydrogen) atoms. The quantitative estimate of drug-likeness (QED) is 0.365. The first-order valence-electron chi connectivity index (χ1n) is 9.78. The van der Waals surface area contributed by atoms with Crippen molar-refractivity contribution < 1.29 is 0 Å². The van der Waals surface area contributed by atoms with Gasteiger partial charge in [-0.1, -0.05) is 24.9 Å². The number of anilines is 1. The Morgan fingerprint density at radius 1 is 1.33 bits per heavy atom. The number of piperidine rings is 1. The lowest BCUT2D eigenvalue weighted by molar-refractivity contribution is 0.157. The molecular formula is C19H32ClIN6. The van der Waals surface area contributed by atoms with Crippen LogP contribution < -0.4 is 15.5 Å². The molecule has 0 radical (unpaired) electrons. The SMILES string of the molecule is CCN1CCCCC1CNC(=NC)NC1CCN(c2ncccc2Cl)C1.I. The van der Waals surface area contributed by atoms with E-state index in [9.17, 15) is 0 Å². The second-order valence-electron chi connectivity index (χ2n) is 7.12. The van der Waals surface area contributed by atoms with E-state index in [0.29, 0.717) is 17.1 Å². The molecule has 0 bridgehead atoms. The number of nitrogens with zero attached hydrogens (tertiary/aromatic N) is 4. The summed E-state index contributed by atoms with van der Waals surface area (Å²) < 4.78 is 0. The van der Waals surface area contributed by atoms with Gasteiger partial charge in [0, 0.05) is 45.0 Å². The van der Waals surface area contributed by atoms with Crippen molar-refractivity contribution in [2.45, 2.75) is 44.7 Å². The highest BCUT2D eigenvalue weighted by Gasteiger charge is 2.26. The summed E-state index contributed by atoms with van der Waals surface area (Å²) in [5.74, 6) is 1.77. The Morgan fingerprint density at radius 3 is 2.93 bits per heavy atom. The van der Waals surface area contributed by atoms with Crippen molar-refractivity contribution in [2.75, 3.05) is 44.7 Å². The van der Waals surface area contributed by atoms with E-state index in [0.717, 1.165) is 44.4 Å². The Balaban J connectivity index is 0.00000261. The third-order valence-electron chi connectivity index (χ3n) is 5.45. The number of nitrogens with one attached hydrogen (secondary N) is 2. The molecule has 152 valence electrons. The van der Waals surface area contributed by atoms with Gasteiger partial charge in [0.05, 0.1) is 5.02 Å². The molecule has 0 saturated carbocycles. The molecule has 3 heterocycles. The maximum Gasteiger partial charge on any atom is 0.191 e. The number of hydrogen-bond acceptors (Lipinski definition) is 4. The molecule has 1 aromatic rings. The highest BCUT2D eigenvalue weighted by Crippen LogP contribution is 2.25. The fourth-order valence-electron chi connectivity index (χ4n) is 3.99. The Morgan fingerprint density at radius 2 is 2.19 bits per heavy atom.